The van der Waals surface area contributed by atoms with Crippen LogP contribution < -0.4 is 5.73 Å². The smallest absolute Gasteiger partial charge is 0.0468 e. The summed E-state index contributed by atoms with van der Waals surface area (Å²) in [7, 11) is 2.16. The third-order valence-corrected chi connectivity index (χ3v) is 2.94. The van der Waals surface area contributed by atoms with Crippen molar-refractivity contribution in [3.05, 3.63) is 0 Å². The van der Waals surface area contributed by atoms with E-state index >= 15 is 0 Å². The average Bonchev–Trinajstić information content (AvgIpc) is 2.14. The van der Waals surface area contributed by atoms with E-state index in [4.69, 9.17) is 10.5 Å². The topological polar surface area (TPSA) is 38.5 Å². The second kappa shape index (κ2) is 7.49. The standard InChI is InChI=1S/C12H26N2O.ClH/c1-12(2,13)10-14(3)7-4-11-5-8-15-9-6-11;/h11H,4-10,13H2,1-3H3;1H. The lowest BCUT2D eigenvalue weighted by molar-refractivity contribution is 0.0604. The van der Waals surface area contributed by atoms with E-state index in [0.29, 0.717) is 0 Å². The molecule has 0 aromatic carbocycles. The molecule has 1 aliphatic heterocycles. The molecule has 4 heteroatoms. The van der Waals surface area contributed by atoms with Gasteiger partial charge in [-0.3, -0.25) is 0 Å². The first-order valence-electron chi connectivity index (χ1n) is 6.02. The number of ether oxygens (including phenoxy) is 1. The van der Waals surface area contributed by atoms with Gasteiger partial charge in [0.25, 0.3) is 0 Å². The summed E-state index contributed by atoms with van der Waals surface area (Å²) in [6.45, 7) is 8.20. The fourth-order valence-corrected chi connectivity index (χ4v) is 2.21. The van der Waals surface area contributed by atoms with Gasteiger partial charge in [0.05, 0.1) is 0 Å². The van der Waals surface area contributed by atoms with E-state index in [1.165, 1.54) is 19.3 Å². The van der Waals surface area contributed by atoms with Crippen LogP contribution in [-0.2, 0) is 4.74 Å². The molecule has 98 valence electrons. The first kappa shape index (κ1) is 16.2. The molecule has 0 aromatic heterocycles. The Morgan fingerprint density at radius 3 is 2.38 bits per heavy atom. The number of nitrogens with zero attached hydrogens (tertiary/aromatic N) is 1. The number of rotatable bonds is 5. The Labute approximate surface area is 106 Å². The number of hydrogen-bond acceptors (Lipinski definition) is 3. The van der Waals surface area contributed by atoms with Crippen LogP contribution in [0.5, 0.6) is 0 Å². The molecule has 0 atom stereocenters. The summed E-state index contributed by atoms with van der Waals surface area (Å²) in [6.07, 6.45) is 3.76. The second-order valence-corrected chi connectivity index (χ2v) is 5.57. The number of nitrogens with two attached hydrogens (primary N) is 1. The molecule has 3 nitrogen and oxygen atoms in total. The zero-order chi connectivity index (χ0) is 11.3. The molecule has 1 aliphatic rings. The van der Waals surface area contributed by atoms with Crippen LogP contribution in [0.1, 0.15) is 33.1 Å². The van der Waals surface area contributed by atoms with Gasteiger partial charge in [-0.1, -0.05) is 0 Å². The molecule has 1 saturated heterocycles. The molecule has 0 aliphatic carbocycles. The normalized spacial score (nSPS) is 18.6. The maximum atomic E-state index is 5.98. The van der Waals surface area contributed by atoms with Gasteiger partial charge >= 0.3 is 0 Å². The van der Waals surface area contributed by atoms with Crippen LogP contribution in [0, 0.1) is 5.92 Å². The maximum absolute atomic E-state index is 5.98. The summed E-state index contributed by atoms with van der Waals surface area (Å²) in [5.74, 6) is 0.863. The minimum atomic E-state index is -0.0789. The van der Waals surface area contributed by atoms with Crippen molar-refractivity contribution < 1.29 is 4.74 Å². The highest BCUT2D eigenvalue weighted by Gasteiger charge is 2.17. The largest absolute Gasteiger partial charge is 0.381 e. The van der Waals surface area contributed by atoms with E-state index in [9.17, 15) is 0 Å². The van der Waals surface area contributed by atoms with Crippen molar-refractivity contribution in [2.75, 3.05) is 33.4 Å². The van der Waals surface area contributed by atoms with Crippen LogP contribution in [0.4, 0.5) is 0 Å². The van der Waals surface area contributed by atoms with Gasteiger partial charge in [-0.25, -0.2) is 0 Å². The molecular weight excluding hydrogens is 224 g/mol. The van der Waals surface area contributed by atoms with Gasteiger partial charge in [-0.05, 0) is 52.6 Å². The molecule has 0 amide bonds. The Balaban J connectivity index is 0.00000225. The average molecular weight is 251 g/mol. The fraction of sp³-hybridized carbons (Fsp3) is 1.00. The van der Waals surface area contributed by atoms with Crippen LogP contribution in [-0.4, -0.2) is 43.8 Å². The molecule has 1 rings (SSSR count). The highest BCUT2D eigenvalue weighted by atomic mass is 35.5. The van der Waals surface area contributed by atoms with Crippen molar-refractivity contribution >= 4 is 12.4 Å². The van der Waals surface area contributed by atoms with E-state index in [1.807, 2.05) is 0 Å². The maximum Gasteiger partial charge on any atom is 0.0468 e. The molecule has 0 saturated carbocycles. The third kappa shape index (κ3) is 7.44. The van der Waals surface area contributed by atoms with Gasteiger partial charge < -0.3 is 15.4 Å². The van der Waals surface area contributed by atoms with Gasteiger partial charge in [-0.2, -0.15) is 0 Å². The van der Waals surface area contributed by atoms with Gasteiger partial charge in [0.1, 0.15) is 0 Å². The second-order valence-electron chi connectivity index (χ2n) is 5.57. The van der Waals surface area contributed by atoms with Crippen LogP contribution in [0.25, 0.3) is 0 Å². The fourth-order valence-electron chi connectivity index (χ4n) is 2.21. The highest BCUT2D eigenvalue weighted by Crippen LogP contribution is 2.18. The summed E-state index contributed by atoms with van der Waals surface area (Å²) in [4.78, 5) is 2.34. The van der Waals surface area contributed by atoms with Gasteiger partial charge in [0.2, 0.25) is 0 Å². The summed E-state index contributed by atoms with van der Waals surface area (Å²) in [6, 6.07) is 0. The van der Waals surface area contributed by atoms with Crippen molar-refractivity contribution in [1.82, 2.24) is 4.90 Å². The van der Waals surface area contributed by atoms with Crippen molar-refractivity contribution in [2.24, 2.45) is 11.7 Å². The predicted octanol–water partition coefficient (Wildman–Crippen LogP) is 1.89. The lowest BCUT2D eigenvalue weighted by atomic mass is 9.96. The van der Waals surface area contributed by atoms with Crippen LogP contribution in [0.3, 0.4) is 0 Å². The van der Waals surface area contributed by atoms with Gasteiger partial charge in [0, 0.05) is 25.3 Å². The quantitative estimate of drug-likeness (QED) is 0.810. The molecule has 0 bridgehead atoms. The highest BCUT2D eigenvalue weighted by molar-refractivity contribution is 5.85. The minimum absolute atomic E-state index is 0. The van der Waals surface area contributed by atoms with Crippen molar-refractivity contribution in [3.63, 3.8) is 0 Å². The summed E-state index contributed by atoms with van der Waals surface area (Å²) >= 11 is 0. The molecule has 0 unspecified atom stereocenters. The Kier molecular flexibility index (Phi) is 7.57. The van der Waals surface area contributed by atoms with Crippen molar-refractivity contribution in [3.8, 4) is 0 Å². The van der Waals surface area contributed by atoms with E-state index < -0.39 is 0 Å². The zero-order valence-electron chi connectivity index (χ0n) is 10.9. The van der Waals surface area contributed by atoms with Crippen LogP contribution >= 0.6 is 12.4 Å². The number of hydrogen-bond donors (Lipinski definition) is 1. The minimum Gasteiger partial charge on any atom is -0.381 e. The molecule has 0 radical (unpaired) electrons. The Morgan fingerprint density at radius 2 is 1.88 bits per heavy atom. The summed E-state index contributed by atoms with van der Waals surface area (Å²) in [5.41, 5.74) is 5.90. The van der Waals surface area contributed by atoms with E-state index in [2.05, 4.69) is 25.8 Å². The van der Waals surface area contributed by atoms with E-state index in [0.717, 1.165) is 32.2 Å². The van der Waals surface area contributed by atoms with Crippen LogP contribution in [0.15, 0.2) is 0 Å². The van der Waals surface area contributed by atoms with E-state index in [1.54, 1.807) is 0 Å². The van der Waals surface area contributed by atoms with Crippen molar-refractivity contribution in [2.45, 2.75) is 38.6 Å². The number of halogens is 1. The number of likely N-dealkylation sites (N-methyl/N-ethyl adjacent to an activating group) is 1. The zero-order valence-corrected chi connectivity index (χ0v) is 11.7. The van der Waals surface area contributed by atoms with Crippen LogP contribution in [0.2, 0.25) is 0 Å². The van der Waals surface area contributed by atoms with E-state index in [-0.39, 0.29) is 17.9 Å². The van der Waals surface area contributed by atoms with Crippen molar-refractivity contribution in [1.29, 1.82) is 0 Å². The Hall–Kier alpha value is 0.170. The molecule has 2 N–H and O–H groups in total. The molecule has 0 aromatic rings. The molecular formula is C12H27ClN2O. The molecule has 1 heterocycles. The third-order valence-electron chi connectivity index (χ3n) is 2.94. The molecule has 16 heavy (non-hydrogen) atoms. The Bertz CT molecular complexity index is 176. The summed E-state index contributed by atoms with van der Waals surface area (Å²) < 4.78 is 5.35. The SMILES string of the molecule is CN(CCC1CCOCC1)CC(C)(C)N.Cl. The lowest BCUT2D eigenvalue weighted by Crippen LogP contribution is -2.44. The van der Waals surface area contributed by atoms with Gasteiger partial charge in [-0.15, -0.1) is 12.4 Å². The summed E-state index contributed by atoms with van der Waals surface area (Å²) in [5, 5.41) is 0. The first-order chi connectivity index (χ1) is 6.97. The molecule has 0 spiro atoms. The Morgan fingerprint density at radius 1 is 1.31 bits per heavy atom. The monoisotopic (exact) mass is 250 g/mol. The first-order valence-corrected chi connectivity index (χ1v) is 6.02. The predicted molar refractivity (Wildman–Crippen MR) is 71.2 cm³/mol. The molecule has 1 fully saturated rings. The van der Waals surface area contributed by atoms with Gasteiger partial charge in [0.15, 0.2) is 0 Å². The lowest BCUT2D eigenvalue weighted by Gasteiger charge is -2.29.